The third kappa shape index (κ3) is 4.14. The molecule has 0 atom stereocenters. The van der Waals surface area contributed by atoms with Crippen LogP contribution in [0.1, 0.15) is 18.9 Å². The van der Waals surface area contributed by atoms with Crippen molar-refractivity contribution in [2.75, 3.05) is 11.9 Å². The van der Waals surface area contributed by atoms with Gasteiger partial charge in [0.2, 0.25) is 0 Å². The van der Waals surface area contributed by atoms with E-state index in [1.165, 1.54) is 6.07 Å². The Kier molecular flexibility index (Phi) is 5.24. The van der Waals surface area contributed by atoms with Crippen molar-refractivity contribution in [1.82, 2.24) is 15.0 Å². The molecular formula is C26H21F3N4. The molecule has 0 fully saturated rings. The summed E-state index contributed by atoms with van der Waals surface area (Å²) in [5.74, 6) is 0.915. The second-order valence-electron chi connectivity index (χ2n) is 7.91. The molecule has 7 heteroatoms. The van der Waals surface area contributed by atoms with E-state index in [1.54, 1.807) is 0 Å². The Labute approximate surface area is 188 Å². The van der Waals surface area contributed by atoms with E-state index in [0.717, 1.165) is 46.1 Å². The lowest BCUT2D eigenvalue weighted by atomic mass is 10.0. The van der Waals surface area contributed by atoms with Crippen LogP contribution in [0, 0.1) is 0 Å². The maximum atomic E-state index is 13.3. The largest absolute Gasteiger partial charge is 0.416 e. The third-order valence-electron chi connectivity index (χ3n) is 5.60. The van der Waals surface area contributed by atoms with Crippen LogP contribution in [0.5, 0.6) is 0 Å². The van der Waals surface area contributed by atoms with Crippen LogP contribution in [0.3, 0.4) is 0 Å². The lowest BCUT2D eigenvalue weighted by molar-refractivity contribution is -0.137. The van der Waals surface area contributed by atoms with E-state index in [0.29, 0.717) is 23.6 Å². The second-order valence-corrected chi connectivity index (χ2v) is 7.91. The van der Waals surface area contributed by atoms with Crippen LogP contribution in [-0.4, -0.2) is 21.5 Å². The summed E-state index contributed by atoms with van der Waals surface area (Å²) >= 11 is 0. The lowest BCUT2D eigenvalue weighted by Crippen LogP contribution is -2.07. The number of fused-ring (bicyclic) bond motifs is 2. The summed E-state index contributed by atoms with van der Waals surface area (Å²) in [6.45, 7) is 2.68. The number of aromatic amines is 1. The molecular weight excluding hydrogens is 425 g/mol. The molecule has 0 saturated heterocycles. The number of nitrogens with zero attached hydrogens (tertiary/aromatic N) is 2. The number of hydrogen-bond acceptors (Lipinski definition) is 3. The predicted octanol–water partition coefficient (Wildman–Crippen LogP) is 7.29. The number of benzene rings is 3. The number of aromatic nitrogens is 3. The maximum Gasteiger partial charge on any atom is 0.416 e. The van der Waals surface area contributed by atoms with Crippen LogP contribution in [0.15, 0.2) is 72.9 Å². The minimum Gasteiger partial charge on any atom is -0.369 e. The SMILES string of the molecule is CCCNc1nc(-c2ccc(-c3ccc4cc[nH]c4c3)cc2)nc2cc(C(F)(F)F)ccc12. The van der Waals surface area contributed by atoms with Gasteiger partial charge in [-0.15, -0.1) is 0 Å². The molecule has 0 radical (unpaired) electrons. The molecule has 0 bridgehead atoms. The van der Waals surface area contributed by atoms with Gasteiger partial charge in [-0.05, 0) is 53.3 Å². The van der Waals surface area contributed by atoms with Crippen LogP contribution in [-0.2, 0) is 6.18 Å². The predicted molar refractivity (Wildman–Crippen MR) is 126 cm³/mol. The fourth-order valence-electron chi connectivity index (χ4n) is 3.85. The number of hydrogen-bond donors (Lipinski definition) is 2. The molecule has 0 aliphatic rings. The van der Waals surface area contributed by atoms with Crippen LogP contribution in [0.2, 0.25) is 0 Å². The summed E-state index contributed by atoms with van der Waals surface area (Å²) < 4.78 is 39.8. The van der Waals surface area contributed by atoms with Crippen molar-refractivity contribution in [2.24, 2.45) is 0 Å². The van der Waals surface area contributed by atoms with Crippen molar-refractivity contribution in [3.63, 3.8) is 0 Å². The normalized spacial score (nSPS) is 11.9. The summed E-state index contributed by atoms with van der Waals surface area (Å²) in [5, 5.41) is 4.93. The van der Waals surface area contributed by atoms with Crippen molar-refractivity contribution in [2.45, 2.75) is 19.5 Å². The smallest absolute Gasteiger partial charge is 0.369 e. The van der Waals surface area contributed by atoms with Gasteiger partial charge in [-0.2, -0.15) is 13.2 Å². The first-order chi connectivity index (χ1) is 15.9. The van der Waals surface area contributed by atoms with Gasteiger partial charge in [-0.3, -0.25) is 0 Å². The highest BCUT2D eigenvalue weighted by molar-refractivity contribution is 5.91. The maximum absolute atomic E-state index is 13.3. The lowest BCUT2D eigenvalue weighted by Gasteiger charge is -2.13. The number of rotatable bonds is 5. The molecule has 0 unspecified atom stereocenters. The fraction of sp³-hybridized carbons (Fsp3) is 0.154. The van der Waals surface area contributed by atoms with Crippen LogP contribution in [0.25, 0.3) is 44.3 Å². The zero-order valence-electron chi connectivity index (χ0n) is 17.9. The molecule has 4 nitrogen and oxygen atoms in total. The number of anilines is 1. The molecule has 0 spiro atoms. The monoisotopic (exact) mass is 446 g/mol. The van der Waals surface area contributed by atoms with Gasteiger partial charge in [0.15, 0.2) is 5.82 Å². The molecule has 3 aromatic carbocycles. The fourth-order valence-corrected chi connectivity index (χ4v) is 3.85. The van der Waals surface area contributed by atoms with Gasteiger partial charge in [0.05, 0.1) is 11.1 Å². The Morgan fingerprint density at radius 1 is 0.848 bits per heavy atom. The Morgan fingerprint density at radius 2 is 1.61 bits per heavy atom. The average Bonchev–Trinajstić information content (AvgIpc) is 3.29. The van der Waals surface area contributed by atoms with Gasteiger partial charge in [0.25, 0.3) is 0 Å². The summed E-state index contributed by atoms with van der Waals surface area (Å²) in [6, 6.07) is 19.5. The molecule has 2 heterocycles. The molecule has 0 amide bonds. The standard InChI is InChI=1S/C26H21F3N4/c1-2-12-31-25-21-10-9-20(26(27,28)29)15-23(21)32-24(33-25)18-6-3-16(4-7-18)19-8-5-17-11-13-30-22(17)14-19/h3-11,13-15,30H,2,12H2,1H3,(H,31,32,33). The van der Waals surface area contributed by atoms with Gasteiger partial charge in [-0.1, -0.05) is 43.3 Å². The second kappa shape index (κ2) is 8.24. The van der Waals surface area contributed by atoms with E-state index in [4.69, 9.17) is 0 Å². The molecule has 0 saturated carbocycles. The van der Waals surface area contributed by atoms with Crippen molar-refractivity contribution in [3.8, 4) is 22.5 Å². The van der Waals surface area contributed by atoms with Gasteiger partial charge in [-0.25, -0.2) is 9.97 Å². The number of halogens is 3. The molecule has 5 aromatic rings. The minimum absolute atomic E-state index is 0.259. The summed E-state index contributed by atoms with van der Waals surface area (Å²) in [6.07, 6.45) is -1.66. The van der Waals surface area contributed by atoms with E-state index in [9.17, 15) is 13.2 Å². The third-order valence-corrected chi connectivity index (χ3v) is 5.60. The molecule has 166 valence electrons. The molecule has 33 heavy (non-hydrogen) atoms. The van der Waals surface area contributed by atoms with Gasteiger partial charge in [0.1, 0.15) is 5.82 Å². The molecule has 2 aromatic heterocycles. The van der Waals surface area contributed by atoms with Crippen molar-refractivity contribution >= 4 is 27.6 Å². The van der Waals surface area contributed by atoms with Crippen LogP contribution < -0.4 is 5.32 Å². The highest BCUT2D eigenvalue weighted by atomic mass is 19.4. The van der Waals surface area contributed by atoms with Crippen molar-refractivity contribution < 1.29 is 13.2 Å². The summed E-state index contributed by atoms with van der Waals surface area (Å²) in [4.78, 5) is 12.3. The average molecular weight is 446 g/mol. The number of H-pyrrole nitrogens is 1. The highest BCUT2D eigenvalue weighted by Gasteiger charge is 2.31. The Hall–Kier alpha value is -3.87. The number of nitrogens with one attached hydrogen (secondary N) is 2. The molecule has 0 aliphatic carbocycles. The molecule has 5 rings (SSSR count). The highest BCUT2D eigenvalue weighted by Crippen LogP contribution is 2.34. The van der Waals surface area contributed by atoms with Gasteiger partial charge < -0.3 is 10.3 Å². The van der Waals surface area contributed by atoms with Crippen LogP contribution >= 0.6 is 0 Å². The van der Waals surface area contributed by atoms with Gasteiger partial charge >= 0.3 is 6.18 Å². The molecule has 0 aliphatic heterocycles. The van der Waals surface area contributed by atoms with Crippen molar-refractivity contribution in [1.29, 1.82) is 0 Å². The topological polar surface area (TPSA) is 53.6 Å². The quantitative estimate of drug-likeness (QED) is 0.298. The number of alkyl halides is 3. The van der Waals surface area contributed by atoms with Crippen LogP contribution in [0.4, 0.5) is 19.0 Å². The van der Waals surface area contributed by atoms with Gasteiger partial charge in [0, 0.05) is 29.2 Å². The molecule has 2 N–H and O–H groups in total. The Bertz CT molecular complexity index is 1440. The van der Waals surface area contributed by atoms with Crippen molar-refractivity contribution in [3.05, 3.63) is 78.5 Å². The first-order valence-corrected chi connectivity index (χ1v) is 10.7. The first-order valence-electron chi connectivity index (χ1n) is 10.7. The van der Waals surface area contributed by atoms with E-state index in [1.807, 2.05) is 43.5 Å². The Balaban J connectivity index is 1.56. The van der Waals surface area contributed by atoms with E-state index >= 15 is 0 Å². The summed E-state index contributed by atoms with van der Waals surface area (Å²) in [7, 11) is 0. The first kappa shape index (κ1) is 21.0. The Morgan fingerprint density at radius 3 is 2.36 bits per heavy atom. The minimum atomic E-state index is -4.43. The van der Waals surface area contributed by atoms with E-state index < -0.39 is 11.7 Å². The zero-order chi connectivity index (χ0) is 23.0. The van der Waals surface area contributed by atoms with E-state index in [-0.39, 0.29) is 5.52 Å². The summed E-state index contributed by atoms with van der Waals surface area (Å²) in [5.41, 5.74) is 3.42. The zero-order valence-corrected chi connectivity index (χ0v) is 17.9. The van der Waals surface area contributed by atoms with E-state index in [2.05, 4.69) is 38.5 Å².